The van der Waals surface area contributed by atoms with Gasteiger partial charge in [-0.15, -0.1) is 0 Å². The van der Waals surface area contributed by atoms with E-state index in [1.54, 1.807) is 12.1 Å². The minimum atomic E-state index is -4.33. The van der Waals surface area contributed by atoms with Crippen LogP contribution in [0.3, 0.4) is 0 Å². The molecular weight excluding hydrogens is 561 g/mol. The third-order valence-corrected chi connectivity index (χ3v) is 9.31. The van der Waals surface area contributed by atoms with Gasteiger partial charge in [0.05, 0.1) is 11.5 Å². The standard InChI is InChI=1S/C31H40F5NO3S/c1-37(16-8-18-41(39,40)17-7-14-31(34,35)36)15-5-3-2-4-10-30-28(24-19-25(32)22-26(33)20-24)11-6-9-23-21-27(38)12-13-29(23)30/h12-13,19-22,38H,2-11,14-18H2,1H3. The molecule has 0 atom stereocenters. The van der Waals surface area contributed by atoms with Gasteiger partial charge in [-0.2, -0.15) is 13.2 Å². The molecule has 0 bridgehead atoms. The van der Waals surface area contributed by atoms with Crippen LogP contribution in [-0.2, 0) is 16.3 Å². The lowest BCUT2D eigenvalue weighted by Gasteiger charge is -2.18. The van der Waals surface area contributed by atoms with Gasteiger partial charge >= 0.3 is 6.18 Å². The van der Waals surface area contributed by atoms with Gasteiger partial charge in [0.25, 0.3) is 0 Å². The van der Waals surface area contributed by atoms with Crippen LogP contribution in [0.2, 0.25) is 0 Å². The van der Waals surface area contributed by atoms with Gasteiger partial charge in [-0.1, -0.05) is 18.9 Å². The fourth-order valence-electron chi connectivity index (χ4n) is 5.48. The fourth-order valence-corrected chi connectivity index (χ4v) is 6.84. The number of fused-ring (bicyclic) bond motifs is 1. The van der Waals surface area contributed by atoms with E-state index >= 15 is 0 Å². The van der Waals surface area contributed by atoms with Crippen molar-refractivity contribution in [1.82, 2.24) is 4.90 Å². The van der Waals surface area contributed by atoms with Gasteiger partial charge in [-0.3, -0.25) is 0 Å². The van der Waals surface area contributed by atoms with Crippen LogP contribution in [0.15, 0.2) is 36.4 Å². The first-order chi connectivity index (χ1) is 19.3. The monoisotopic (exact) mass is 601 g/mol. The van der Waals surface area contributed by atoms with Crippen molar-refractivity contribution in [2.24, 2.45) is 0 Å². The van der Waals surface area contributed by atoms with Crippen LogP contribution in [0.4, 0.5) is 22.0 Å². The normalized spacial score (nSPS) is 14.4. The summed E-state index contributed by atoms with van der Waals surface area (Å²) in [5, 5.41) is 10.0. The molecule has 2 aromatic rings. The topological polar surface area (TPSA) is 57.6 Å². The Kier molecular flexibility index (Phi) is 12.2. The molecule has 0 aromatic heterocycles. The van der Waals surface area contributed by atoms with Gasteiger partial charge in [-0.05, 0) is 124 Å². The number of aromatic hydroxyl groups is 1. The molecule has 0 amide bonds. The van der Waals surface area contributed by atoms with Crippen LogP contribution in [0.25, 0.3) is 11.1 Å². The predicted octanol–water partition coefficient (Wildman–Crippen LogP) is 7.95. The number of alkyl halides is 3. The van der Waals surface area contributed by atoms with Crippen LogP contribution in [0.5, 0.6) is 5.75 Å². The number of sulfone groups is 1. The number of halogens is 5. The number of allylic oxidation sites excluding steroid dienone is 2. The summed E-state index contributed by atoms with van der Waals surface area (Å²) in [5.74, 6) is -1.56. The maximum absolute atomic E-state index is 14.1. The van der Waals surface area contributed by atoms with E-state index in [1.165, 1.54) is 12.1 Å². The maximum Gasteiger partial charge on any atom is 0.389 e. The van der Waals surface area contributed by atoms with Gasteiger partial charge < -0.3 is 10.0 Å². The zero-order chi connectivity index (χ0) is 30.0. The third-order valence-electron chi connectivity index (χ3n) is 7.49. The molecule has 41 heavy (non-hydrogen) atoms. The lowest BCUT2D eigenvalue weighted by molar-refractivity contribution is -0.134. The van der Waals surface area contributed by atoms with E-state index < -0.39 is 46.2 Å². The Morgan fingerprint density at radius 3 is 2.22 bits per heavy atom. The zero-order valence-electron chi connectivity index (χ0n) is 23.6. The molecule has 0 spiro atoms. The van der Waals surface area contributed by atoms with Crippen molar-refractivity contribution >= 4 is 21.0 Å². The number of unbranched alkanes of at least 4 members (excludes halogenated alkanes) is 3. The SMILES string of the molecule is CN(CCCCCCC1=C(c2cc(F)cc(F)c2)CCCc2cc(O)ccc21)CCCS(=O)(=O)CCCC(F)(F)F. The van der Waals surface area contributed by atoms with Gasteiger partial charge in [0.2, 0.25) is 0 Å². The van der Waals surface area contributed by atoms with Crippen molar-refractivity contribution in [2.75, 3.05) is 31.6 Å². The summed E-state index contributed by atoms with van der Waals surface area (Å²) in [7, 11) is -1.58. The Labute approximate surface area is 240 Å². The number of aryl methyl sites for hydroxylation is 1. The Bertz CT molecular complexity index is 1270. The number of hydrogen-bond acceptors (Lipinski definition) is 4. The summed E-state index contributed by atoms with van der Waals surface area (Å²) >= 11 is 0. The van der Waals surface area contributed by atoms with E-state index in [4.69, 9.17) is 0 Å². The summed E-state index contributed by atoms with van der Waals surface area (Å²) < 4.78 is 88.9. The van der Waals surface area contributed by atoms with Crippen molar-refractivity contribution in [1.29, 1.82) is 0 Å². The van der Waals surface area contributed by atoms with Crippen molar-refractivity contribution in [3.05, 3.63) is 64.7 Å². The Morgan fingerprint density at radius 1 is 0.854 bits per heavy atom. The van der Waals surface area contributed by atoms with E-state index in [-0.39, 0.29) is 11.5 Å². The second-order valence-corrected chi connectivity index (χ2v) is 13.3. The summed E-state index contributed by atoms with van der Waals surface area (Å²) in [5.41, 5.74) is 4.63. The fraction of sp³-hybridized carbons (Fsp3) is 0.548. The van der Waals surface area contributed by atoms with Crippen LogP contribution in [0.1, 0.15) is 80.9 Å². The van der Waals surface area contributed by atoms with Gasteiger partial charge in [0.1, 0.15) is 27.2 Å². The second-order valence-electron chi connectivity index (χ2n) is 11.0. The number of hydrogen-bond donors (Lipinski definition) is 1. The van der Waals surface area contributed by atoms with E-state index in [9.17, 15) is 35.5 Å². The number of phenols is 1. The molecule has 3 rings (SSSR count). The van der Waals surface area contributed by atoms with E-state index in [0.717, 1.165) is 79.8 Å². The molecular formula is C31H40F5NO3S. The maximum atomic E-state index is 14.1. The average molecular weight is 602 g/mol. The summed E-state index contributed by atoms with van der Waals surface area (Å²) in [6.45, 7) is 1.34. The smallest absolute Gasteiger partial charge is 0.389 e. The molecule has 4 nitrogen and oxygen atoms in total. The number of benzene rings is 2. The molecule has 0 saturated heterocycles. The number of phenolic OH excluding ortho intramolecular Hbond substituents is 1. The Hall–Kier alpha value is -2.46. The highest BCUT2D eigenvalue weighted by Gasteiger charge is 2.27. The molecule has 228 valence electrons. The van der Waals surface area contributed by atoms with Crippen LogP contribution in [-0.4, -0.2) is 56.2 Å². The van der Waals surface area contributed by atoms with Crippen LogP contribution >= 0.6 is 0 Å². The second kappa shape index (κ2) is 15.1. The third kappa shape index (κ3) is 11.4. The molecule has 10 heteroatoms. The quantitative estimate of drug-likeness (QED) is 0.166. The Balaban J connectivity index is 1.49. The highest BCUT2D eigenvalue weighted by molar-refractivity contribution is 7.91. The first-order valence-corrected chi connectivity index (χ1v) is 16.1. The van der Waals surface area contributed by atoms with Crippen molar-refractivity contribution in [2.45, 2.75) is 76.8 Å². The molecule has 0 aliphatic heterocycles. The molecule has 2 aromatic carbocycles. The lowest BCUT2D eigenvalue weighted by Crippen LogP contribution is -2.24. The van der Waals surface area contributed by atoms with E-state index in [0.29, 0.717) is 24.9 Å². The molecule has 1 aliphatic carbocycles. The van der Waals surface area contributed by atoms with E-state index in [1.807, 2.05) is 18.0 Å². The van der Waals surface area contributed by atoms with Crippen molar-refractivity contribution in [3.63, 3.8) is 0 Å². The largest absolute Gasteiger partial charge is 0.508 e. The average Bonchev–Trinajstić information content (AvgIpc) is 3.03. The predicted molar refractivity (Wildman–Crippen MR) is 153 cm³/mol. The minimum absolute atomic E-state index is 0.110. The van der Waals surface area contributed by atoms with E-state index in [2.05, 4.69) is 0 Å². The summed E-state index contributed by atoms with van der Waals surface area (Å²) in [6, 6.07) is 8.96. The Morgan fingerprint density at radius 2 is 1.51 bits per heavy atom. The van der Waals surface area contributed by atoms with Gasteiger partial charge in [0, 0.05) is 12.5 Å². The summed E-state index contributed by atoms with van der Waals surface area (Å²) in [6.07, 6.45) is 1.31. The molecule has 1 aliphatic rings. The van der Waals surface area contributed by atoms with Gasteiger partial charge in [-0.25, -0.2) is 17.2 Å². The van der Waals surface area contributed by atoms with Gasteiger partial charge in [0.15, 0.2) is 0 Å². The summed E-state index contributed by atoms with van der Waals surface area (Å²) in [4.78, 5) is 2.04. The molecule has 0 saturated carbocycles. The number of rotatable bonds is 15. The highest BCUT2D eigenvalue weighted by Crippen LogP contribution is 2.40. The molecule has 0 unspecified atom stereocenters. The van der Waals surface area contributed by atoms with Crippen LogP contribution < -0.4 is 0 Å². The molecule has 0 radical (unpaired) electrons. The zero-order valence-corrected chi connectivity index (χ0v) is 24.4. The highest BCUT2D eigenvalue weighted by atomic mass is 32.2. The van der Waals surface area contributed by atoms with Crippen molar-refractivity contribution < 1.29 is 35.5 Å². The van der Waals surface area contributed by atoms with Crippen molar-refractivity contribution in [3.8, 4) is 5.75 Å². The lowest BCUT2D eigenvalue weighted by atomic mass is 9.89. The number of nitrogens with zero attached hydrogens (tertiary/aromatic N) is 1. The van der Waals surface area contributed by atoms with Crippen LogP contribution in [0, 0.1) is 11.6 Å². The minimum Gasteiger partial charge on any atom is -0.508 e. The molecule has 1 N–H and O–H groups in total. The molecule has 0 heterocycles. The first kappa shape index (κ1) is 33.0. The first-order valence-electron chi connectivity index (χ1n) is 14.3. The molecule has 0 fully saturated rings.